The Morgan fingerprint density at radius 1 is 0.485 bits per heavy atom. The zero-order valence-corrected chi connectivity index (χ0v) is 37.5. The Kier molecular flexibility index (Phi) is 7.89. The number of benzene rings is 10. The van der Waals surface area contributed by atoms with Crippen LogP contribution in [0.5, 0.6) is 0 Å². The highest BCUT2D eigenvalue weighted by Crippen LogP contribution is 2.63. The summed E-state index contributed by atoms with van der Waals surface area (Å²) in [4.78, 5) is 9.21. The van der Waals surface area contributed by atoms with E-state index in [1.165, 1.54) is 54.6 Å². The summed E-state index contributed by atoms with van der Waals surface area (Å²) in [5.74, 6) is 0. The molecule has 68 heavy (non-hydrogen) atoms. The van der Waals surface area contributed by atoms with Crippen molar-refractivity contribution in [2.24, 2.45) is 4.99 Å². The van der Waals surface area contributed by atoms with E-state index in [1.807, 2.05) is 0 Å². The molecule has 12 aromatic rings. The van der Waals surface area contributed by atoms with Gasteiger partial charge in [0.25, 0.3) is 0 Å². The van der Waals surface area contributed by atoms with Gasteiger partial charge in [0.1, 0.15) is 17.3 Å². The lowest BCUT2D eigenvalue weighted by Gasteiger charge is -2.32. The predicted molar refractivity (Wildman–Crippen MR) is 282 cm³/mol. The molecule has 0 radical (unpaired) electrons. The Morgan fingerprint density at radius 2 is 1.09 bits per heavy atom. The first-order chi connectivity index (χ1) is 33.7. The molecule has 4 nitrogen and oxygen atoms in total. The molecule has 0 fully saturated rings. The van der Waals surface area contributed by atoms with Gasteiger partial charge in [0.15, 0.2) is 0 Å². The minimum Gasteiger partial charge on any atom is -0.455 e. The van der Waals surface area contributed by atoms with Crippen molar-refractivity contribution in [2.45, 2.75) is 11.6 Å². The van der Waals surface area contributed by atoms with E-state index in [0.717, 1.165) is 77.2 Å². The van der Waals surface area contributed by atoms with Crippen LogP contribution in [0.2, 0.25) is 0 Å². The molecule has 2 aromatic heterocycles. The number of rotatable bonds is 5. The Bertz CT molecular complexity index is 4030. The second-order valence-corrected chi connectivity index (χ2v) is 19.2. The third-order valence-electron chi connectivity index (χ3n) is 14.7. The minimum atomic E-state index is -0.473. The molecule has 1 atom stereocenters. The predicted octanol–water partition coefficient (Wildman–Crippen LogP) is 16.7. The third-order valence-corrected chi connectivity index (χ3v) is 15.9. The lowest BCUT2D eigenvalue weighted by molar-refractivity contribution is 0.672. The second kappa shape index (κ2) is 14.2. The molecule has 0 bridgehead atoms. The van der Waals surface area contributed by atoms with E-state index in [1.54, 1.807) is 11.3 Å². The lowest BCUT2D eigenvalue weighted by Crippen LogP contribution is -2.26. The molecule has 0 saturated heterocycles. The van der Waals surface area contributed by atoms with Crippen molar-refractivity contribution in [1.82, 2.24) is 0 Å². The van der Waals surface area contributed by atoms with Crippen LogP contribution in [0, 0.1) is 0 Å². The van der Waals surface area contributed by atoms with Gasteiger partial charge in [-0.05, 0) is 87.0 Å². The van der Waals surface area contributed by atoms with Crippen molar-refractivity contribution < 1.29 is 4.42 Å². The maximum absolute atomic E-state index is 7.01. The molecule has 318 valence electrons. The van der Waals surface area contributed by atoms with Gasteiger partial charge in [-0.25, -0.2) is 0 Å². The van der Waals surface area contributed by atoms with Crippen molar-refractivity contribution in [3.63, 3.8) is 0 Å². The number of nitrogens with one attached hydrogen (secondary N) is 1. The van der Waals surface area contributed by atoms with E-state index in [0.29, 0.717) is 0 Å². The van der Waals surface area contributed by atoms with Crippen LogP contribution in [0.25, 0.3) is 65.1 Å². The van der Waals surface area contributed by atoms with Crippen molar-refractivity contribution >= 4 is 82.6 Å². The van der Waals surface area contributed by atoms with Crippen LogP contribution in [0.4, 0.5) is 22.7 Å². The van der Waals surface area contributed by atoms with E-state index < -0.39 is 5.41 Å². The molecule has 2 aliphatic carbocycles. The molecule has 0 amide bonds. The number of furan rings is 1. The molecule has 1 aliphatic heterocycles. The number of hydrogen-bond donors (Lipinski definition) is 1. The van der Waals surface area contributed by atoms with Crippen LogP contribution < -0.4 is 10.2 Å². The number of anilines is 4. The summed E-state index contributed by atoms with van der Waals surface area (Å²) in [5, 5.41) is 9.43. The highest BCUT2D eigenvalue weighted by Gasteiger charge is 2.51. The van der Waals surface area contributed by atoms with E-state index in [4.69, 9.17) is 9.41 Å². The number of nitrogens with zero attached hydrogens (tertiary/aromatic N) is 2. The van der Waals surface area contributed by atoms with Gasteiger partial charge in [-0.1, -0.05) is 182 Å². The van der Waals surface area contributed by atoms with Gasteiger partial charge in [0.2, 0.25) is 0 Å². The monoisotopic (exact) mass is 885 g/mol. The number of thiophene rings is 1. The molecule has 3 heterocycles. The fraction of sp³-hybridized carbons (Fsp3) is 0.0317. The molecule has 3 aliphatic rings. The van der Waals surface area contributed by atoms with E-state index in [-0.39, 0.29) is 6.17 Å². The summed E-state index contributed by atoms with van der Waals surface area (Å²) in [6.45, 7) is 0. The molecule has 15 rings (SSSR count). The van der Waals surface area contributed by atoms with Crippen molar-refractivity contribution in [1.29, 1.82) is 0 Å². The van der Waals surface area contributed by atoms with Crippen LogP contribution in [0.1, 0.15) is 44.4 Å². The van der Waals surface area contributed by atoms with Crippen LogP contribution in [-0.2, 0) is 5.41 Å². The first-order valence-corrected chi connectivity index (χ1v) is 24.1. The average molecular weight is 886 g/mol. The third kappa shape index (κ3) is 5.11. The highest BCUT2D eigenvalue weighted by atomic mass is 32.1. The SMILES string of the molecule is c1ccc(C2=NC(c3cccc4oc5c6ccccc6c(N(c6ccccc6)c6ccc7c(c6)C6(c8ccccc8-c8ccccc86)c6ccccc6-7)cc5c34)Nc3c2sc2ccccc32)cc1. The summed E-state index contributed by atoms with van der Waals surface area (Å²) < 4.78 is 8.25. The maximum Gasteiger partial charge on any atom is 0.146 e. The zero-order valence-electron chi connectivity index (χ0n) is 36.7. The second-order valence-electron chi connectivity index (χ2n) is 18.1. The van der Waals surface area contributed by atoms with Gasteiger partial charge in [0.05, 0.1) is 27.4 Å². The van der Waals surface area contributed by atoms with Crippen LogP contribution >= 0.6 is 11.3 Å². The first kappa shape index (κ1) is 37.7. The fourth-order valence-corrected chi connectivity index (χ4v) is 13.1. The van der Waals surface area contributed by atoms with Gasteiger partial charge in [-0.15, -0.1) is 11.3 Å². The van der Waals surface area contributed by atoms with E-state index in [2.05, 4.69) is 235 Å². The van der Waals surface area contributed by atoms with Crippen molar-refractivity contribution in [3.8, 4) is 22.3 Å². The highest BCUT2D eigenvalue weighted by molar-refractivity contribution is 7.22. The molecule has 1 spiro atoms. The molecule has 10 aromatic carbocycles. The molecular weight excluding hydrogens is 847 g/mol. The molecule has 5 heteroatoms. The summed E-state index contributed by atoms with van der Waals surface area (Å²) in [6, 6.07) is 81.9. The number of fused-ring (bicyclic) bond motifs is 18. The summed E-state index contributed by atoms with van der Waals surface area (Å²) in [6.07, 6.45) is -0.368. The first-order valence-electron chi connectivity index (χ1n) is 23.3. The average Bonchev–Trinajstić information content (AvgIpc) is 4.15. The molecule has 1 unspecified atom stereocenters. The normalized spacial score (nSPS) is 14.9. The van der Waals surface area contributed by atoms with Crippen molar-refractivity contribution in [2.75, 3.05) is 10.2 Å². The van der Waals surface area contributed by atoms with Gasteiger partial charge < -0.3 is 14.6 Å². The summed E-state index contributed by atoms with van der Waals surface area (Å²) in [5.41, 5.74) is 19.2. The number of para-hydroxylation sites is 1. The smallest absolute Gasteiger partial charge is 0.146 e. The molecular formula is C63H39N3OS. The van der Waals surface area contributed by atoms with Crippen LogP contribution in [0.15, 0.2) is 234 Å². The number of hydrogen-bond acceptors (Lipinski definition) is 5. The Hall–Kier alpha value is -8.51. The minimum absolute atomic E-state index is 0.368. The Balaban J connectivity index is 0.981. The van der Waals surface area contributed by atoms with Crippen LogP contribution in [-0.4, -0.2) is 5.71 Å². The van der Waals surface area contributed by atoms with E-state index >= 15 is 0 Å². The summed E-state index contributed by atoms with van der Waals surface area (Å²) >= 11 is 1.80. The zero-order chi connectivity index (χ0) is 44.5. The van der Waals surface area contributed by atoms with Crippen LogP contribution in [0.3, 0.4) is 0 Å². The fourth-order valence-electron chi connectivity index (χ4n) is 12.0. The largest absolute Gasteiger partial charge is 0.455 e. The van der Waals surface area contributed by atoms with Gasteiger partial charge in [-0.2, -0.15) is 0 Å². The molecule has 0 saturated carbocycles. The molecule has 1 N–H and O–H groups in total. The van der Waals surface area contributed by atoms with Gasteiger partial charge in [0, 0.05) is 54.1 Å². The van der Waals surface area contributed by atoms with Gasteiger partial charge in [-0.3, -0.25) is 4.99 Å². The Morgan fingerprint density at radius 3 is 1.81 bits per heavy atom. The summed E-state index contributed by atoms with van der Waals surface area (Å²) in [7, 11) is 0. The maximum atomic E-state index is 7.01. The standard InChI is InChI=1S/C63H39N3OS/c1-3-18-38(19-4-1)58-61-59(47-27-12-16-33-56(47)68-61)65-62(64-58)48-28-17-32-55-57(48)49-37-54(45-25-7-8-26-46(45)60(49)67-55)66(39-20-5-2-6-21-39)40-34-35-44-43-24-11-15-31-52(43)63(53(44)36-40)50-29-13-9-22-41(50)42-23-10-14-30-51(42)63/h1-37,62,65H. The topological polar surface area (TPSA) is 40.8 Å². The van der Waals surface area contributed by atoms with Gasteiger partial charge >= 0.3 is 0 Å². The Labute approximate surface area is 396 Å². The lowest BCUT2D eigenvalue weighted by atomic mass is 9.70. The quantitative estimate of drug-likeness (QED) is 0.187. The van der Waals surface area contributed by atoms with E-state index in [9.17, 15) is 0 Å². The number of aliphatic imine (C=N–C) groups is 1. The van der Waals surface area contributed by atoms with Crippen molar-refractivity contribution in [3.05, 3.63) is 263 Å².